The topological polar surface area (TPSA) is 97.5 Å². The molecular weight excluding hydrogens is 420 g/mol. The predicted octanol–water partition coefficient (Wildman–Crippen LogP) is 2.82. The number of benzene rings is 2. The highest BCUT2D eigenvalue weighted by Crippen LogP contribution is 2.25. The minimum atomic E-state index is -0.923. The molecule has 0 aliphatic carbocycles. The second kappa shape index (κ2) is 10.1. The van der Waals surface area contributed by atoms with Crippen LogP contribution in [0.5, 0.6) is 5.75 Å². The maximum atomic E-state index is 13.4. The van der Waals surface area contributed by atoms with E-state index in [2.05, 4.69) is 23.4 Å². The third kappa shape index (κ3) is 5.33. The van der Waals surface area contributed by atoms with E-state index >= 15 is 0 Å². The first-order valence-electron chi connectivity index (χ1n) is 10.3. The summed E-state index contributed by atoms with van der Waals surface area (Å²) in [5.74, 6) is 0.332. The van der Waals surface area contributed by atoms with Crippen molar-refractivity contribution in [2.24, 2.45) is 0 Å². The Bertz CT molecular complexity index is 1070. The number of amides is 2. The smallest absolute Gasteiger partial charge is 0.256 e. The van der Waals surface area contributed by atoms with E-state index in [1.165, 1.54) is 16.3 Å². The van der Waals surface area contributed by atoms with E-state index in [1.54, 1.807) is 50.6 Å². The van der Waals surface area contributed by atoms with Crippen molar-refractivity contribution in [3.8, 4) is 5.75 Å². The highest BCUT2D eigenvalue weighted by molar-refractivity contribution is 6.70. The normalized spacial score (nSPS) is 11.7. The molecule has 3 rings (SSSR count). The van der Waals surface area contributed by atoms with E-state index in [0.717, 1.165) is 0 Å². The number of nitrogen functional groups attached to an aromatic ring is 1. The Morgan fingerprint density at radius 3 is 2.22 bits per heavy atom. The van der Waals surface area contributed by atoms with Crippen LogP contribution >= 0.6 is 0 Å². The summed E-state index contributed by atoms with van der Waals surface area (Å²) in [6.45, 7) is 4.50. The Morgan fingerprint density at radius 2 is 1.69 bits per heavy atom. The second-order valence-electron chi connectivity index (χ2n) is 7.83. The average molecular weight is 449 g/mol. The highest BCUT2D eigenvalue weighted by Gasteiger charge is 2.29. The molecule has 3 N–H and O–H groups in total. The summed E-state index contributed by atoms with van der Waals surface area (Å²) in [6, 6.07) is 17.3. The Balaban J connectivity index is 1.90. The molecule has 8 heteroatoms. The van der Waals surface area contributed by atoms with Crippen molar-refractivity contribution in [3.05, 3.63) is 78.0 Å². The molecule has 1 aromatic heterocycles. The number of hydrogen-bond donors (Lipinski definition) is 2. The molecular formula is C24H28N4O3Si. The van der Waals surface area contributed by atoms with Gasteiger partial charge in [0.05, 0.1) is 21.5 Å². The lowest BCUT2D eigenvalue weighted by atomic mass is 10.0. The van der Waals surface area contributed by atoms with Gasteiger partial charge in [-0.15, -0.1) is 0 Å². The fourth-order valence-corrected chi connectivity index (χ4v) is 4.31. The van der Waals surface area contributed by atoms with Gasteiger partial charge < -0.3 is 20.7 Å². The molecule has 2 amide bonds. The van der Waals surface area contributed by atoms with Gasteiger partial charge in [-0.2, -0.15) is 0 Å². The van der Waals surface area contributed by atoms with E-state index < -0.39 is 14.8 Å². The first-order valence-corrected chi connectivity index (χ1v) is 13.2. The lowest BCUT2D eigenvalue weighted by Crippen LogP contribution is -2.38. The molecule has 0 aliphatic heterocycles. The SMILES string of the molecule is COc1ccc(C(C(=O)Nc2ccc([SiH](C)C)cc2)N(C)C(=O)c2ccc(N)nc2)cc1. The van der Waals surface area contributed by atoms with Gasteiger partial charge in [-0.05, 0) is 42.0 Å². The molecule has 166 valence electrons. The fraction of sp³-hybridized carbons (Fsp3) is 0.208. The van der Waals surface area contributed by atoms with Crippen LogP contribution in [0, 0.1) is 0 Å². The maximum Gasteiger partial charge on any atom is 0.256 e. The fourth-order valence-electron chi connectivity index (χ4n) is 3.35. The minimum absolute atomic E-state index is 0.316. The highest BCUT2D eigenvalue weighted by atomic mass is 28.3. The van der Waals surface area contributed by atoms with Crippen LogP contribution in [0.2, 0.25) is 13.1 Å². The zero-order valence-corrected chi connectivity index (χ0v) is 19.9. The lowest BCUT2D eigenvalue weighted by molar-refractivity contribution is -0.120. The van der Waals surface area contributed by atoms with Gasteiger partial charge in [-0.25, -0.2) is 4.98 Å². The van der Waals surface area contributed by atoms with Gasteiger partial charge in [0, 0.05) is 18.9 Å². The van der Waals surface area contributed by atoms with Crippen LogP contribution in [0.15, 0.2) is 66.9 Å². The van der Waals surface area contributed by atoms with Crippen molar-refractivity contribution in [1.82, 2.24) is 9.88 Å². The van der Waals surface area contributed by atoms with Crippen molar-refractivity contribution >= 4 is 37.3 Å². The number of hydrogen-bond acceptors (Lipinski definition) is 5. The molecule has 1 heterocycles. The molecule has 0 aliphatic rings. The minimum Gasteiger partial charge on any atom is -0.497 e. The Morgan fingerprint density at radius 1 is 1.03 bits per heavy atom. The molecule has 0 bridgehead atoms. The number of anilines is 2. The number of carbonyl (C=O) groups excluding carboxylic acids is 2. The zero-order valence-electron chi connectivity index (χ0n) is 18.7. The summed E-state index contributed by atoms with van der Waals surface area (Å²) in [4.78, 5) is 31.9. The molecule has 0 saturated heterocycles. The van der Waals surface area contributed by atoms with Crippen LogP contribution in [0.1, 0.15) is 22.0 Å². The number of carbonyl (C=O) groups is 2. The number of ether oxygens (including phenoxy) is 1. The number of nitrogens with one attached hydrogen (secondary N) is 1. The third-order valence-electron chi connectivity index (χ3n) is 5.27. The quantitative estimate of drug-likeness (QED) is 0.542. The lowest BCUT2D eigenvalue weighted by Gasteiger charge is -2.28. The van der Waals surface area contributed by atoms with Crippen molar-refractivity contribution < 1.29 is 14.3 Å². The van der Waals surface area contributed by atoms with Crippen LogP contribution in [0.3, 0.4) is 0 Å². The molecule has 2 aromatic carbocycles. The number of rotatable bonds is 7. The molecule has 3 aromatic rings. The van der Waals surface area contributed by atoms with Crippen LogP contribution < -0.4 is 21.0 Å². The standard InChI is InChI=1S/C24H28N4O3Si/c1-28(24(30)17-7-14-21(25)26-15-17)22(16-5-10-19(31-2)11-6-16)23(29)27-18-8-12-20(13-9-18)32(3)4/h5-15,22,32H,1-4H3,(H2,25,26)(H,27,29). The van der Waals surface area contributed by atoms with Gasteiger partial charge in [0.25, 0.3) is 11.8 Å². The van der Waals surface area contributed by atoms with Crippen molar-refractivity contribution in [2.75, 3.05) is 25.2 Å². The number of likely N-dealkylation sites (N-methyl/N-ethyl adjacent to an activating group) is 1. The number of nitrogens with zero attached hydrogens (tertiary/aromatic N) is 2. The molecule has 0 spiro atoms. The van der Waals surface area contributed by atoms with E-state index in [9.17, 15) is 9.59 Å². The van der Waals surface area contributed by atoms with Crippen molar-refractivity contribution in [3.63, 3.8) is 0 Å². The van der Waals surface area contributed by atoms with Gasteiger partial charge in [0.15, 0.2) is 0 Å². The second-order valence-corrected chi connectivity index (χ2v) is 10.8. The Labute approximate surface area is 189 Å². The van der Waals surface area contributed by atoms with Gasteiger partial charge in [-0.3, -0.25) is 9.59 Å². The van der Waals surface area contributed by atoms with Crippen molar-refractivity contribution in [1.29, 1.82) is 0 Å². The van der Waals surface area contributed by atoms with E-state index in [0.29, 0.717) is 28.4 Å². The van der Waals surface area contributed by atoms with Crippen LogP contribution in [-0.4, -0.2) is 44.7 Å². The Kier molecular flexibility index (Phi) is 7.27. The number of nitrogens with two attached hydrogens (primary N) is 1. The number of aromatic nitrogens is 1. The van der Waals surface area contributed by atoms with Crippen LogP contribution in [-0.2, 0) is 4.79 Å². The first-order chi connectivity index (χ1) is 15.3. The molecule has 1 unspecified atom stereocenters. The van der Waals surface area contributed by atoms with E-state index in [-0.39, 0.29) is 11.8 Å². The van der Waals surface area contributed by atoms with E-state index in [4.69, 9.17) is 10.5 Å². The van der Waals surface area contributed by atoms with Crippen LogP contribution in [0.4, 0.5) is 11.5 Å². The monoisotopic (exact) mass is 448 g/mol. The van der Waals surface area contributed by atoms with E-state index in [1.807, 2.05) is 24.3 Å². The van der Waals surface area contributed by atoms with Gasteiger partial charge in [-0.1, -0.05) is 42.5 Å². The summed E-state index contributed by atoms with van der Waals surface area (Å²) >= 11 is 0. The summed E-state index contributed by atoms with van der Waals surface area (Å²) in [7, 11) is 2.25. The third-order valence-corrected chi connectivity index (χ3v) is 6.98. The molecule has 7 nitrogen and oxygen atoms in total. The summed E-state index contributed by atoms with van der Waals surface area (Å²) in [5, 5.41) is 4.26. The molecule has 0 fully saturated rings. The first kappa shape index (κ1) is 23.0. The molecule has 0 saturated carbocycles. The maximum absolute atomic E-state index is 13.4. The Hall–Kier alpha value is -3.65. The molecule has 0 radical (unpaired) electrons. The largest absolute Gasteiger partial charge is 0.497 e. The van der Waals surface area contributed by atoms with Crippen molar-refractivity contribution in [2.45, 2.75) is 19.1 Å². The zero-order chi connectivity index (χ0) is 23.3. The van der Waals surface area contributed by atoms with Gasteiger partial charge in [0.1, 0.15) is 17.6 Å². The van der Waals surface area contributed by atoms with Crippen LogP contribution in [0.25, 0.3) is 0 Å². The van der Waals surface area contributed by atoms with Gasteiger partial charge in [0.2, 0.25) is 0 Å². The number of methoxy groups -OCH3 is 1. The summed E-state index contributed by atoms with van der Waals surface area (Å²) in [5.41, 5.74) is 7.32. The average Bonchev–Trinajstić information content (AvgIpc) is 2.80. The predicted molar refractivity (Wildman–Crippen MR) is 130 cm³/mol. The summed E-state index contributed by atoms with van der Waals surface area (Å²) in [6.07, 6.45) is 1.41. The van der Waals surface area contributed by atoms with Gasteiger partial charge >= 0.3 is 0 Å². The molecule has 1 atom stereocenters. The summed E-state index contributed by atoms with van der Waals surface area (Å²) < 4.78 is 5.23. The number of pyridine rings is 1. The molecule has 32 heavy (non-hydrogen) atoms.